The Bertz CT molecular complexity index is 1120. The molecule has 0 atom stereocenters. The number of aryl methyl sites for hydroxylation is 4. The number of carbonyl (C=O) groups is 1. The van der Waals surface area contributed by atoms with Crippen molar-refractivity contribution in [2.24, 2.45) is 11.8 Å². The Morgan fingerprint density at radius 3 is 2.25 bits per heavy atom. The fourth-order valence-corrected chi connectivity index (χ4v) is 7.00. The maximum Gasteiger partial charge on any atom is 0.241 e. The zero-order valence-corrected chi connectivity index (χ0v) is 23.4. The third-order valence-corrected chi connectivity index (χ3v) is 9.03. The van der Waals surface area contributed by atoms with Gasteiger partial charge in [0.15, 0.2) is 0 Å². The molecular formula is C29H43N3O3S. The molecule has 1 fully saturated rings. The molecule has 0 spiro atoms. The lowest BCUT2D eigenvalue weighted by Gasteiger charge is -2.28. The van der Waals surface area contributed by atoms with Crippen molar-refractivity contribution in [3.05, 3.63) is 58.7 Å². The summed E-state index contributed by atoms with van der Waals surface area (Å²) in [7, 11) is -3.55. The molecule has 0 unspecified atom stereocenters. The Morgan fingerprint density at radius 1 is 0.972 bits per heavy atom. The van der Waals surface area contributed by atoms with Gasteiger partial charge < -0.3 is 10.2 Å². The second-order valence-electron chi connectivity index (χ2n) is 10.4. The minimum Gasteiger partial charge on any atom is -0.372 e. The number of nitrogens with zero attached hydrogens (tertiary/aromatic N) is 1. The molecule has 2 aromatic carbocycles. The summed E-state index contributed by atoms with van der Waals surface area (Å²) < 4.78 is 28.7. The molecule has 0 heterocycles. The van der Waals surface area contributed by atoms with Gasteiger partial charge in [-0.15, -0.1) is 0 Å². The number of sulfonamides is 1. The van der Waals surface area contributed by atoms with Crippen LogP contribution >= 0.6 is 0 Å². The van der Waals surface area contributed by atoms with Crippen LogP contribution in [0.15, 0.2) is 41.3 Å². The molecule has 1 aliphatic rings. The fourth-order valence-electron chi connectivity index (χ4n) is 5.44. The molecule has 198 valence electrons. The Morgan fingerprint density at radius 2 is 1.64 bits per heavy atom. The topological polar surface area (TPSA) is 78.5 Å². The van der Waals surface area contributed by atoms with Crippen LogP contribution in [0.1, 0.15) is 61.3 Å². The second kappa shape index (κ2) is 12.7. The summed E-state index contributed by atoms with van der Waals surface area (Å²) >= 11 is 0. The van der Waals surface area contributed by atoms with Gasteiger partial charge in [0.1, 0.15) is 0 Å². The molecule has 6 nitrogen and oxygen atoms in total. The van der Waals surface area contributed by atoms with Crippen molar-refractivity contribution in [2.45, 2.75) is 71.6 Å². The normalized spacial score (nSPS) is 18.1. The van der Waals surface area contributed by atoms with E-state index in [1.165, 1.54) is 11.3 Å². The molecule has 3 rings (SSSR count). The van der Waals surface area contributed by atoms with Gasteiger partial charge in [0, 0.05) is 37.8 Å². The molecule has 0 saturated heterocycles. The Balaban J connectivity index is 1.39. The zero-order valence-electron chi connectivity index (χ0n) is 22.6. The van der Waals surface area contributed by atoms with E-state index >= 15 is 0 Å². The van der Waals surface area contributed by atoms with Crippen LogP contribution < -0.4 is 14.9 Å². The smallest absolute Gasteiger partial charge is 0.241 e. The highest BCUT2D eigenvalue weighted by Crippen LogP contribution is 2.29. The summed E-state index contributed by atoms with van der Waals surface area (Å²) in [5, 5.41) is 3.13. The van der Waals surface area contributed by atoms with Crippen molar-refractivity contribution in [3.8, 4) is 0 Å². The van der Waals surface area contributed by atoms with E-state index in [0.717, 1.165) is 61.9 Å². The molecule has 2 aromatic rings. The van der Waals surface area contributed by atoms with Crippen LogP contribution in [0.2, 0.25) is 0 Å². The minimum absolute atomic E-state index is 0.0264. The molecule has 0 radical (unpaired) electrons. The highest BCUT2D eigenvalue weighted by atomic mass is 32.2. The van der Waals surface area contributed by atoms with Crippen LogP contribution in [-0.4, -0.2) is 40.5 Å². The number of anilines is 1. The number of carbonyl (C=O) groups excluding carboxylic acids is 1. The molecule has 7 heteroatoms. The molecule has 2 N–H and O–H groups in total. The van der Waals surface area contributed by atoms with Crippen LogP contribution in [0.3, 0.4) is 0 Å². The Kier molecular flexibility index (Phi) is 9.97. The van der Waals surface area contributed by atoms with Crippen LogP contribution in [0.5, 0.6) is 0 Å². The quantitative estimate of drug-likeness (QED) is 0.413. The zero-order chi connectivity index (χ0) is 26.3. The monoisotopic (exact) mass is 513 g/mol. The summed E-state index contributed by atoms with van der Waals surface area (Å²) in [5.41, 5.74) is 5.10. The number of benzene rings is 2. The van der Waals surface area contributed by atoms with Gasteiger partial charge in [-0.25, -0.2) is 13.1 Å². The summed E-state index contributed by atoms with van der Waals surface area (Å²) in [6.45, 7) is 12.9. The van der Waals surface area contributed by atoms with E-state index in [4.69, 9.17) is 0 Å². The molecule has 0 aliphatic heterocycles. The van der Waals surface area contributed by atoms with Crippen molar-refractivity contribution < 1.29 is 13.2 Å². The Hall–Kier alpha value is -2.38. The molecule has 1 saturated carbocycles. The van der Waals surface area contributed by atoms with E-state index < -0.39 is 10.0 Å². The number of hydrogen-bond donors (Lipinski definition) is 2. The minimum atomic E-state index is -3.55. The van der Waals surface area contributed by atoms with Gasteiger partial charge in [-0.05, 0) is 101 Å². The highest BCUT2D eigenvalue weighted by molar-refractivity contribution is 7.89. The largest absolute Gasteiger partial charge is 0.372 e. The van der Waals surface area contributed by atoms with Gasteiger partial charge in [-0.2, -0.15) is 0 Å². The van der Waals surface area contributed by atoms with Crippen molar-refractivity contribution >= 4 is 21.6 Å². The highest BCUT2D eigenvalue weighted by Gasteiger charge is 2.28. The molecule has 36 heavy (non-hydrogen) atoms. The molecule has 0 bridgehead atoms. The van der Waals surface area contributed by atoms with E-state index in [-0.39, 0.29) is 17.7 Å². The van der Waals surface area contributed by atoms with Crippen molar-refractivity contribution in [1.29, 1.82) is 0 Å². The van der Waals surface area contributed by atoms with Gasteiger partial charge in [-0.1, -0.05) is 29.8 Å². The second-order valence-corrected chi connectivity index (χ2v) is 12.1. The lowest BCUT2D eigenvalue weighted by atomic mass is 9.81. The maximum absolute atomic E-state index is 12.9. The van der Waals surface area contributed by atoms with E-state index in [9.17, 15) is 13.2 Å². The SMILES string of the molecule is CCN(CCCNC(=O)C1CCC(CNS(=O)(=O)c2c(C)cc(C)cc2C)CC1)c1cccc(C)c1. The van der Waals surface area contributed by atoms with Crippen molar-refractivity contribution in [3.63, 3.8) is 0 Å². The van der Waals surface area contributed by atoms with E-state index in [2.05, 4.69) is 53.1 Å². The van der Waals surface area contributed by atoms with Crippen LogP contribution in [0.25, 0.3) is 0 Å². The third kappa shape index (κ3) is 7.56. The number of amides is 1. The van der Waals surface area contributed by atoms with E-state index in [1.807, 2.05) is 32.9 Å². The summed E-state index contributed by atoms with van der Waals surface area (Å²) in [6, 6.07) is 12.3. The van der Waals surface area contributed by atoms with Gasteiger partial charge in [-0.3, -0.25) is 4.79 Å². The molecular weight excluding hydrogens is 470 g/mol. The summed E-state index contributed by atoms with van der Waals surface area (Å²) in [4.78, 5) is 15.4. The van der Waals surface area contributed by atoms with E-state index in [0.29, 0.717) is 18.0 Å². The Labute approximate surface area is 217 Å². The first-order valence-electron chi connectivity index (χ1n) is 13.3. The first-order valence-corrected chi connectivity index (χ1v) is 14.8. The predicted octanol–water partition coefficient (Wildman–Crippen LogP) is 5.04. The summed E-state index contributed by atoms with van der Waals surface area (Å²) in [6.07, 6.45) is 4.26. The molecule has 0 aromatic heterocycles. The number of rotatable bonds is 11. The van der Waals surface area contributed by atoms with Crippen molar-refractivity contribution in [2.75, 3.05) is 31.1 Å². The van der Waals surface area contributed by atoms with Gasteiger partial charge in [0.05, 0.1) is 4.90 Å². The predicted molar refractivity (Wildman–Crippen MR) is 148 cm³/mol. The average molecular weight is 514 g/mol. The van der Waals surface area contributed by atoms with Crippen LogP contribution in [-0.2, 0) is 14.8 Å². The van der Waals surface area contributed by atoms with Gasteiger partial charge in [0.2, 0.25) is 15.9 Å². The average Bonchev–Trinajstić information content (AvgIpc) is 2.82. The first-order chi connectivity index (χ1) is 17.1. The lowest BCUT2D eigenvalue weighted by Crippen LogP contribution is -2.37. The maximum atomic E-state index is 12.9. The van der Waals surface area contributed by atoms with Gasteiger partial charge in [0.25, 0.3) is 0 Å². The number of nitrogens with one attached hydrogen (secondary N) is 2. The fraction of sp³-hybridized carbons (Fsp3) is 0.552. The van der Waals surface area contributed by atoms with Gasteiger partial charge >= 0.3 is 0 Å². The standard InChI is InChI=1S/C29H43N3O3S/c1-6-32(27-10-7-9-21(2)19-27)16-8-15-30-29(33)26-13-11-25(12-14-26)20-31-36(34,35)28-23(4)17-22(3)18-24(28)5/h7,9-10,17-19,25-26,31H,6,8,11-16,20H2,1-5H3,(H,30,33). The molecule has 1 amide bonds. The lowest BCUT2D eigenvalue weighted by molar-refractivity contribution is -0.126. The van der Waals surface area contributed by atoms with Crippen molar-refractivity contribution in [1.82, 2.24) is 10.0 Å². The third-order valence-electron chi connectivity index (χ3n) is 7.31. The van der Waals surface area contributed by atoms with Crippen LogP contribution in [0, 0.1) is 39.5 Å². The first kappa shape index (κ1) is 28.2. The molecule has 1 aliphatic carbocycles. The van der Waals surface area contributed by atoms with E-state index in [1.54, 1.807) is 0 Å². The van der Waals surface area contributed by atoms with Crippen LogP contribution in [0.4, 0.5) is 5.69 Å². The number of hydrogen-bond acceptors (Lipinski definition) is 4. The summed E-state index contributed by atoms with van der Waals surface area (Å²) in [5.74, 6) is 0.430.